The van der Waals surface area contributed by atoms with Crippen LogP contribution in [0.25, 0.3) is 0 Å². The number of anilines is 2. The van der Waals surface area contributed by atoms with Crippen molar-refractivity contribution in [1.29, 1.82) is 0 Å². The van der Waals surface area contributed by atoms with Crippen LogP contribution in [0.5, 0.6) is 17.2 Å². The molecule has 0 aliphatic carbocycles. The highest BCUT2D eigenvalue weighted by Crippen LogP contribution is 2.30. The Morgan fingerprint density at radius 1 is 0.969 bits per heavy atom. The van der Waals surface area contributed by atoms with Crippen molar-refractivity contribution in [3.63, 3.8) is 0 Å². The van der Waals surface area contributed by atoms with E-state index >= 15 is 0 Å². The number of carbonyl (C=O) groups excluding carboxylic acids is 1. The molecule has 0 saturated heterocycles. The van der Waals surface area contributed by atoms with Crippen LogP contribution in [0, 0.1) is 13.8 Å². The third-order valence-electron chi connectivity index (χ3n) is 4.66. The van der Waals surface area contributed by atoms with Gasteiger partial charge in [-0.15, -0.1) is 0 Å². The second kappa shape index (κ2) is 9.61. The van der Waals surface area contributed by atoms with Gasteiger partial charge < -0.3 is 19.9 Å². The Morgan fingerprint density at radius 2 is 1.66 bits per heavy atom. The quantitative estimate of drug-likeness (QED) is 0.444. The highest BCUT2D eigenvalue weighted by atomic mass is 32.2. The lowest BCUT2D eigenvalue weighted by molar-refractivity contribution is -0.118. The van der Waals surface area contributed by atoms with E-state index in [4.69, 9.17) is 9.47 Å². The van der Waals surface area contributed by atoms with Crippen molar-refractivity contribution in [2.45, 2.75) is 18.7 Å². The maximum Gasteiger partial charge on any atom is 0.262 e. The van der Waals surface area contributed by atoms with E-state index in [-0.39, 0.29) is 28.6 Å². The molecule has 9 heteroatoms. The van der Waals surface area contributed by atoms with Crippen molar-refractivity contribution in [3.8, 4) is 17.2 Å². The summed E-state index contributed by atoms with van der Waals surface area (Å²) in [7, 11) is -2.58. The van der Waals surface area contributed by atoms with Crippen LogP contribution in [-0.4, -0.2) is 33.1 Å². The maximum atomic E-state index is 12.8. The average Bonchev–Trinajstić information content (AvgIpc) is 2.75. The molecule has 32 heavy (non-hydrogen) atoms. The van der Waals surface area contributed by atoms with E-state index in [1.165, 1.54) is 25.3 Å². The smallest absolute Gasteiger partial charge is 0.262 e. The Balaban J connectivity index is 1.75. The van der Waals surface area contributed by atoms with Crippen LogP contribution in [0.15, 0.2) is 65.6 Å². The van der Waals surface area contributed by atoms with Gasteiger partial charge in [0.15, 0.2) is 6.61 Å². The number of aryl methyl sites for hydroxylation is 2. The van der Waals surface area contributed by atoms with Gasteiger partial charge in [-0.3, -0.25) is 9.52 Å². The summed E-state index contributed by atoms with van der Waals surface area (Å²) < 4.78 is 38.8. The third kappa shape index (κ3) is 5.30. The summed E-state index contributed by atoms with van der Waals surface area (Å²) in [5.74, 6) is 0.132. The molecule has 0 atom stereocenters. The molecule has 0 aliphatic heterocycles. The molecule has 0 aromatic heterocycles. The van der Waals surface area contributed by atoms with Crippen LogP contribution >= 0.6 is 0 Å². The highest BCUT2D eigenvalue weighted by molar-refractivity contribution is 7.92. The van der Waals surface area contributed by atoms with Gasteiger partial charge in [-0.2, -0.15) is 0 Å². The SMILES string of the molecule is COc1ccccc1NS(=O)(=O)c1ccc(O)c(NC(=O)COc2c(C)cccc2C)c1. The number of benzene rings is 3. The fourth-order valence-corrected chi connectivity index (χ4v) is 4.16. The number of hydrogen-bond acceptors (Lipinski definition) is 6. The molecule has 0 heterocycles. The van der Waals surface area contributed by atoms with Gasteiger partial charge in [-0.25, -0.2) is 8.42 Å². The standard InChI is InChI=1S/C23H24N2O6S/c1-15-7-6-8-16(2)23(15)31-14-22(27)24-19-13-17(11-12-20(19)26)32(28,29)25-18-9-4-5-10-21(18)30-3/h4-13,25-26H,14H2,1-3H3,(H,24,27). The van der Waals surface area contributed by atoms with E-state index < -0.39 is 15.9 Å². The van der Waals surface area contributed by atoms with Crippen LogP contribution in [-0.2, 0) is 14.8 Å². The summed E-state index contributed by atoms with van der Waals surface area (Å²) in [4.78, 5) is 12.2. The van der Waals surface area contributed by atoms with Crippen LogP contribution in [0.2, 0.25) is 0 Å². The first-order chi connectivity index (χ1) is 15.2. The average molecular weight is 457 g/mol. The summed E-state index contributed by atoms with van der Waals surface area (Å²) in [5, 5.41) is 12.6. The van der Waals surface area contributed by atoms with E-state index in [0.717, 1.165) is 11.1 Å². The number of ether oxygens (including phenoxy) is 2. The van der Waals surface area contributed by atoms with Gasteiger partial charge in [0.2, 0.25) is 0 Å². The summed E-state index contributed by atoms with van der Waals surface area (Å²) in [6.07, 6.45) is 0. The van der Waals surface area contributed by atoms with Gasteiger partial charge in [0.25, 0.3) is 15.9 Å². The molecule has 0 bridgehead atoms. The number of methoxy groups -OCH3 is 1. The van der Waals surface area contributed by atoms with Gasteiger partial charge in [-0.05, 0) is 55.3 Å². The normalized spacial score (nSPS) is 11.0. The van der Waals surface area contributed by atoms with Crippen molar-refractivity contribution in [2.75, 3.05) is 23.8 Å². The first-order valence-corrected chi connectivity index (χ1v) is 11.2. The molecule has 3 aromatic carbocycles. The van der Waals surface area contributed by atoms with Crippen molar-refractivity contribution in [2.24, 2.45) is 0 Å². The first kappa shape index (κ1) is 23.0. The van der Waals surface area contributed by atoms with Crippen molar-refractivity contribution < 1.29 is 27.8 Å². The first-order valence-electron chi connectivity index (χ1n) is 9.69. The molecule has 8 nitrogen and oxygen atoms in total. The van der Waals surface area contributed by atoms with Crippen molar-refractivity contribution in [1.82, 2.24) is 0 Å². The minimum atomic E-state index is -4.01. The number of sulfonamides is 1. The fourth-order valence-electron chi connectivity index (χ4n) is 3.07. The molecular formula is C23H24N2O6S. The minimum absolute atomic E-state index is 0.0528. The Kier molecular flexibility index (Phi) is 6.89. The van der Waals surface area contributed by atoms with E-state index in [1.807, 2.05) is 32.0 Å². The zero-order chi connectivity index (χ0) is 23.3. The number of phenolic OH excluding ortho intramolecular Hbond substituents is 1. The second-order valence-corrected chi connectivity index (χ2v) is 8.72. The van der Waals surface area contributed by atoms with E-state index in [1.54, 1.807) is 24.3 Å². The molecular weight excluding hydrogens is 432 g/mol. The zero-order valence-electron chi connectivity index (χ0n) is 17.9. The van der Waals surface area contributed by atoms with Crippen LogP contribution < -0.4 is 19.5 Å². The molecule has 0 spiro atoms. The van der Waals surface area contributed by atoms with Gasteiger partial charge >= 0.3 is 0 Å². The molecule has 0 unspecified atom stereocenters. The van der Waals surface area contributed by atoms with Crippen molar-refractivity contribution in [3.05, 3.63) is 71.8 Å². The number of hydrogen-bond donors (Lipinski definition) is 3. The Hall–Kier alpha value is -3.72. The van der Waals surface area contributed by atoms with Gasteiger partial charge in [-0.1, -0.05) is 30.3 Å². The molecule has 3 rings (SSSR count). The lowest BCUT2D eigenvalue weighted by Gasteiger charge is -2.14. The van der Waals surface area contributed by atoms with Gasteiger partial charge in [0.1, 0.15) is 17.2 Å². The largest absolute Gasteiger partial charge is 0.506 e. The monoisotopic (exact) mass is 456 g/mol. The summed E-state index contributed by atoms with van der Waals surface area (Å²) >= 11 is 0. The fraction of sp³-hybridized carbons (Fsp3) is 0.174. The molecule has 0 radical (unpaired) electrons. The molecule has 3 N–H and O–H groups in total. The topological polar surface area (TPSA) is 114 Å². The molecule has 0 aliphatic rings. The molecule has 0 fully saturated rings. The molecule has 3 aromatic rings. The van der Waals surface area contributed by atoms with Crippen LogP contribution in [0.4, 0.5) is 11.4 Å². The van der Waals surface area contributed by atoms with Crippen LogP contribution in [0.1, 0.15) is 11.1 Å². The third-order valence-corrected chi connectivity index (χ3v) is 6.02. The highest BCUT2D eigenvalue weighted by Gasteiger charge is 2.19. The number of nitrogens with one attached hydrogen (secondary N) is 2. The minimum Gasteiger partial charge on any atom is -0.506 e. The predicted octanol–water partition coefficient (Wildman–Crippen LogP) is 3.84. The van der Waals surface area contributed by atoms with Crippen LogP contribution in [0.3, 0.4) is 0 Å². The Morgan fingerprint density at radius 3 is 2.34 bits per heavy atom. The number of carbonyl (C=O) groups is 1. The van der Waals surface area contributed by atoms with Gasteiger partial charge in [0.05, 0.1) is 23.4 Å². The van der Waals surface area contributed by atoms with Crippen molar-refractivity contribution >= 4 is 27.3 Å². The molecule has 1 amide bonds. The molecule has 0 saturated carbocycles. The summed E-state index contributed by atoms with van der Waals surface area (Å²) in [5.41, 5.74) is 1.98. The summed E-state index contributed by atoms with van der Waals surface area (Å²) in [6.45, 7) is 3.44. The summed E-state index contributed by atoms with van der Waals surface area (Å²) in [6, 6.07) is 15.8. The zero-order valence-corrected chi connectivity index (χ0v) is 18.7. The Labute approximate surface area is 186 Å². The molecule has 168 valence electrons. The lowest BCUT2D eigenvalue weighted by Crippen LogP contribution is -2.21. The predicted molar refractivity (Wildman–Crippen MR) is 122 cm³/mol. The number of phenols is 1. The van der Waals surface area contributed by atoms with Gasteiger partial charge in [0, 0.05) is 0 Å². The number of rotatable bonds is 8. The van der Waals surface area contributed by atoms with E-state index in [0.29, 0.717) is 11.5 Å². The number of amides is 1. The number of para-hydroxylation sites is 3. The second-order valence-electron chi connectivity index (χ2n) is 7.04. The van der Waals surface area contributed by atoms with E-state index in [2.05, 4.69) is 10.0 Å². The Bertz CT molecular complexity index is 1220. The van der Waals surface area contributed by atoms with E-state index in [9.17, 15) is 18.3 Å². The maximum absolute atomic E-state index is 12.8. The number of aromatic hydroxyl groups is 1. The lowest BCUT2D eigenvalue weighted by atomic mass is 10.1.